The van der Waals surface area contributed by atoms with Crippen molar-refractivity contribution in [3.63, 3.8) is 0 Å². The number of nitrogens with zero attached hydrogens (tertiary/aromatic N) is 1. The number of hydrogen-bond donors (Lipinski definition) is 2. The lowest BCUT2D eigenvalue weighted by Gasteiger charge is -2.31. The van der Waals surface area contributed by atoms with Crippen LogP contribution in [0.3, 0.4) is 0 Å². The summed E-state index contributed by atoms with van der Waals surface area (Å²) >= 11 is 0. The monoisotopic (exact) mass is 265 g/mol. The van der Waals surface area contributed by atoms with E-state index in [9.17, 15) is 13.2 Å². The zero-order valence-corrected chi connectivity index (χ0v) is 10.7. The lowest BCUT2D eigenvalue weighted by atomic mass is 9.99. The van der Waals surface area contributed by atoms with Gasteiger partial charge in [-0.25, -0.2) is 14.7 Å². The van der Waals surface area contributed by atoms with E-state index >= 15 is 0 Å². The highest BCUT2D eigenvalue weighted by Crippen LogP contribution is 2.16. The predicted octanol–water partition coefficient (Wildman–Crippen LogP) is -0.352. The smallest absolute Gasteiger partial charge is 0.409 e. The van der Waals surface area contributed by atoms with E-state index in [4.69, 9.17) is 9.88 Å². The van der Waals surface area contributed by atoms with E-state index in [-0.39, 0.29) is 18.6 Å². The largest absolute Gasteiger partial charge is 0.450 e. The van der Waals surface area contributed by atoms with E-state index in [1.165, 1.54) is 0 Å². The number of nitrogens with one attached hydrogen (secondary N) is 1. The molecule has 0 bridgehead atoms. The molecule has 0 radical (unpaired) electrons. The fraction of sp³-hybridized carbons (Fsp3) is 0.889. The zero-order chi connectivity index (χ0) is 12.9. The number of carbonyl (C=O) groups excluding carboxylic acids is 1. The minimum Gasteiger partial charge on any atom is -0.450 e. The molecule has 0 aliphatic carbocycles. The Morgan fingerprint density at radius 3 is 2.88 bits per heavy atom. The van der Waals surface area contributed by atoms with Gasteiger partial charge in [0.2, 0.25) is 0 Å². The molecule has 1 aliphatic heterocycles. The van der Waals surface area contributed by atoms with Crippen molar-refractivity contribution in [2.75, 3.05) is 26.2 Å². The van der Waals surface area contributed by atoms with Crippen LogP contribution >= 0.6 is 0 Å². The molecule has 1 unspecified atom stereocenters. The Morgan fingerprint density at radius 1 is 1.59 bits per heavy atom. The minimum absolute atomic E-state index is 0.0893. The number of carbonyl (C=O) groups is 1. The molecule has 17 heavy (non-hydrogen) atoms. The molecular weight excluding hydrogens is 246 g/mol. The summed E-state index contributed by atoms with van der Waals surface area (Å²) in [6.45, 7) is 3.51. The maximum Gasteiger partial charge on any atom is 0.409 e. The van der Waals surface area contributed by atoms with Gasteiger partial charge < -0.3 is 9.64 Å². The third-order valence-electron chi connectivity index (χ3n) is 2.62. The number of amides is 1. The number of piperidine rings is 1. The summed E-state index contributed by atoms with van der Waals surface area (Å²) in [4.78, 5) is 13.1. The lowest BCUT2D eigenvalue weighted by molar-refractivity contribution is 0.0889. The van der Waals surface area contributed by atoms with Crippen LogP contribution < -0.4 is 9.86 Å². The molecule has 3 N–H and O–H groups in total. The molecule has 8 heteroatoms. The topological polar surface area (TPSA) is 102 Å². The van der Waals surface area contributed by atoms with Gasteiger partial charge in [0.15, 0.2) is 0 Å². The molecule has 1 atom stereocenters. The number of nitrogens with two attached hydrogens (primary N) is 1. The lowest BCUT2D eigenvalue weighted by Crippen LogP contribution is -2.44. The summed E-state index contributed by atoms with van der Waals surface area (Å²) in [7, 11) is -3.66. The van der Waals surface area contributed by atoms with E-state index in [2.05, 4.69) is 4.72 Å². The Balaban J connectivity index is 2.41. The van der Waals surface area contributed by atoms with Crippen molar-refractivity contribution in [2.45, 2.75) is 19.8 Å². The normalized spacial score (nSPS) is 21.3. The van der Waals surface area contributed by atoms with E-state index in [0.29, 0.717) is 19.7 Å². The number of likely N-dealkylation sites (tertiary alicyclic amines) is 1. The van der Waals surface area contributed by atoms with Crippen molar-refractivity contribution in [3.8, 4) is 0 Å². The van der Waals surface area contributed by atoms with Gasteiger partial charge in [0.05, 0.1) is 6.61 Å². The number of hydrogen-bond acceptors (Lipinski definition) is 4. The van der Waals surface area contributed by atoms with Gasteiger partial charge in [-0.2, -0.15) is 8.42 Å². The first-order valence-corrected chi connectivity index (χ1v) is 7.16. The summed E-state index contributed by atoms with van der Waals surface area (Å²) in [6, 6.07) is 0. The van der Waals surface area contributed by atoms with Gasteiger partial charge >= 0.3 is 6.09 Å². The van der Waals surface area contributed by atoms with E-state index in [1.54, 1.807) is 11.8 Å². The molecule has 1 saturated heterocycles. The summed E-state index contributed by atoms with van der Waals surface area (Å²) in [5, 5.41) is 4.85. The van der Waals surface area contributed by atoms with Gasteiger partial charge in [0.1, 0.15) is 0 Å². The maximum absolute atomic E-state index is 11.5. The van der Waals surface area contributed by atoms with Crippen molar-refractivity contribution >= 4 is 16.3 Å². The van der Waals surface area contributed by atoms with E-state index in [0.717, 1.165) is 12.8 Å². The van der Waals surface area contributed by atoms with E-state index in [1.807, 2.05) is 0 Å². The van der Waals surface area contributed by atoms with Crippen molar-refractivity contribution in [1.82, 2.24) is 9.62 Å². The average Bonchev–Trinajstić information content (AvgIpc) is 2.26. The molecule has 0 aromatic rings. The molecule has 1 aliphatic rings. The fourth-order valence-corrected chi connectivity index (χ4v) is 2.31. The summed E-state index contributed by atoms with van der Waals surface area (Å²) in [5.74, 6) is 0.0893. The van der Waals surface area contributed by atoms with Gasteiger partial charge in [-0.15, -0.1) is 0 Å². The zero-order valence-electron chi connectivity index (χ0n) is 9.89. The highest BCUT2D eigenvalue weighted by molar-refractivity contribution is 7.87. The first-order valence-electron chi connectivity index (χ1n) is 5.61. The van der Waals surface area contributed by atoms with Crippen LogP contribution in [0.2, 0.25) is 0 Å². The van der Waals surface area contributed by atoms with Crippen LogP contribution in [-0.4, -0.2) is 45.7 Å². The third kappa shape index (κ3) is 5.33. The maximum atomic E-state index is 11.5. The Bertz CT molecular complexity index is 357. The average molecular weight is 265 g/mol. The standard InChI is InChI=1S/C9H19N3O4S/c1-2-16-9(13)12-5-3-4-8(7-12)6-11-17(10,14)15/h8,11H,2-7H2,1H3,(H2,10,14,15). The van der Waals surface area contributed by atoms with E-state index < -0.39 is 10.2 Å². The second-order valence-corrected chi connectivity index (χ2v) is 5.43. The first-order chi connectivity index (χ1) is 7.92. The highest BCUT2D eigenvalue weighted by Gasteiger charge is 2.24. The van der Waals surface area contributed by atoms with Crippen molar-refractivity contribution in [1.29, 1.82) is 0 Å². The van der Waals surface area contributed by atoms with Crippen LogP contribution in [0.4, 0.5) is 4.79 Å². The molecule has 1 heterocycles. The van der Waals surface area contributed by atoms with Crippen molar-refractivity contribution in [3.05, 3.63) is 0 Å². The Morgan fingerprint density at radius 2 is 2.29 bits per heavy atom. The van der Waals surface area contributed by atoms with Gasteiger partial charge in [-0.3, -0.25) is 0 Å². The minimum atomic E-state index is -3.66. The second-order valence-electron chi connectivity index (χ2n) is 4.05. The number of ether oxygens (including phenoxy) is 1. The molecule has 1 amide bonds. The van der Waals surface area contributed by atoms with Gasteiger partial charge in [0, 0.05) is 19.6 Å². The van der Waals surface area contributed by atoms with Crippen LogP contribution in [0, 0.1) is 5.92 Å². The fourth-order valence-electron chi connectivity index (χ4n) is 1.85. The first kappa shape index (κ1) is 14.2. The molecule has 7 nitrogen and oxygen atoms in total. The van der Waals surface area contributed by atoms with Crippen LogP contribution in [0.25, 0.3) is 0 Å². The van der Waals surface area contributed by atoms with Crippen molar-refractivity contribution in [2.24, 2.45) is 11.1 Å². The Kier molecular flexibility index (Phi) is 5.16. The summed E-state index contributed by atoms with van der Waals surface area (Å²) < 4.78 is 28.7. The number of rotatable bonds is 4. The molecule has 0 saturated carbocycles. The van der Waals surface area contributed by atoms with Crippen LogP contribution in [0.5, 0.6) is 0 Å². The Labute approximate surface area is 101 Å². The van der Waals surface area contributed by atoms with Crippen LogP contribution in [-0.2, 0) is 14.9 Å². The quantitative estimate of drug-likeness (QED) is 0.725. The van der Waals surface area contributed by atoms with Gasteiger partial charge in [-0.1, -0.05) is 0 Å². The predicted molar refractivity (Wildman–Crippen MR) is 62.4 cm³/mol. The van der Waals surface area contributed by atoms with Crippen LogP contribution in [0.15, 0.2) is 0 Å². The van der Waals surface area contributed by atoms with Gasteiger partial charge in [0.25, 0.3) is 10.2 Å². The summed E-state index contributed by atoms with van der Waals surface area (Å²) in [5.41, 5.74) is 0. The Hall–Kier alpha value is -0.860. The molecular formula is C9H19N3O4S. The third-order valence-corrected chi connectivity index (χ3v) is 3.19. The van der Waals surface area contributed by atoms with Gasteiger partial charge in [-0.05, 0) is 25.7 Å². The highest BCUT2D eigenvalue weighted by atomic mass is 32.2. The second kappa shape index (κ2) is 6.18. The molecule has 1 fully saturated rings. The molecule has 100 valence electrons. The van der Waals surface area contributed by atoms with Crippen molar-refractivity contribution < 1.29 is 17.9 Å². The molecule has 0 aromatic carbocycles. The molecule has 0 spiro atoms. The summed E-state index contributed by atoms with van der Waals surface area (Å²) in [6.07, 6.45) is 1.38. The SMILES string of the molecule is CCOC(=O)N1CCCC(CNS(N)(=O)=O)C1. The van der Waals surface area contributed by atoms with Crippen LogP contribution in [0.1, 0.15) is 19.8 Å². The molecule has 1 rings (SSSR count). The molecule has 0 aromatic heterocycles.